The fourth-order valence-electron chi connectivity index (χ4n) is 2.81. The van der Waals surface area contributed by atoms with Gasteiger partial charge in [-0.05, 0) is 43.2 Å². The number of amides is 1. The van der Waals surface area contributed by atoms with E-state index < -0.39 is 0 Å². The Labute approximate surface area is 165 Å². The molecule has 0 bridgehead atoms. The zero-order chi connectivity index (χ0) is 18.8. The van der Waals surface area contributed by atoms with Crippen molar-refractivity contribution in [2.24, 2.45) is 0 Å². The standard InChI is InChI=1S/C20H18N4OS2/c1-12-13(2)21-17-9-8-15(10-16(12)17)18(25)22-19-23-24-20(27-19)26-11-14-6-4-3-5-7-14/h3-10,21H,11H2,1-2H3,(H,22,23,25). The van der Waals surface area contributed by atoms with Crippen molar-refractivity contribution in [3.8, 4) is 0 Å². The minimum atomic E-state index is -0.175. The third kappa shape index (κ3) is 3.89. The van der Waals surface area contributed by atoms with Gasteiger partial charge in [-0.3, -0.25) is 10.1 Å². The summed E-state index contributed by atoms with van der Waals surface area (Å²) in [5.74, 6) is 0.651. The summed E-state index contributed by atoms with van der Waals surface area (Å²) in [4.78, 5) is 15.9. The highest BCUT2D eigenvalue weighted by molar-refractivity contribution is 8.00. The predicted octanol–water partition coefficient (Wildman–Crippen LogP) is 5.18. The van der Waals surface area contributed by atoms with Gasteiger partial charge in [0.05, 0.1) is 0 Å². The van der Waals surface area contributed by atoms with Crippen molar-refractivity contribution in [1.29, 1.82) is 0 Å². The summed E-state index contributed by atoms with van der Waals surface area (Å²) in [6.45, 7) is 4.09. The smallest absolute Gasteiger partial charge is 0.257 e. The van der Waals surface area contributed by atoms with Gasteiger partial charge in [0.1, 0.15) is 0 Å². The van der Waals surface area contributed by atoms with E-state index in [-0.39, 0.29) is 5.91 Å². The van der Waals surface area contributed by atoms with Gasteiger partial charge >= 0.3 is 0 Å². The zero-order valence-corrected chi connectivity index (χ0v) is 16.6. The number of nitrogens with zero attached hydrogens (tertiary/aromatic N) is 2. The Morgan fingerprint density at radius 2 is 1.96 bits per heavy atom. The first kappa shape index (κ1) is 17.8. The number of hydrogen-bond acceptors (Lipinski definition) is 5. The van der Waals surface area contributed by atoms with Crippen LogP contribution in [0.2, 0.25) is 0 Å². The van der Waals surface area contributed by atoms with Gasteiger partial charge < -0.3 is 4.98 Å². The molecular formula is C20H18N4OS2. The molecule has 2 heterocycles. The third-order valence-electron chi connectivity index (χ3n) is 4.40. The van der Waals surface area contributed by atoms with E-state index in [1.807, 2.05) is 43.3 Å². The predicted molar refractivity (Wildman–Crippen MR) is 112 cm³/mol. The fourth-order valence-corrected chi connectivity index (χ4v) is 4.51. The normalized spacial score (nSPS) is 11.0. The second-order valence-corrected chi connectivity index (χ2v) is 8.44. The molecule has 0 aliphatic heterocycles. The zero-order valence-electron chi connectivity index (χ0n) is 14.9. The van der Waals surface area contributed by atoms with Crippen LogP contribution in [0.25, 0.3) is 10.9 Å². The van der Waals surface area contributed by atoms with Crippen molar-refractivity contribution in [2.75, 3.05) is 5.32 Å². The van der Waals surface area contributed by atoms with Gasteiger partial charge in [0.25, 0.3) is 5.91 Å². The lowest BCUT2D eigenvalue weighted by atomic mass is 10.1. The van der Waals surface area contributed by atoms with Crippen molar-refractivity contribution in [2.45, 2.75) is 23.9 Å². The number of benzene rings is 2. The molecule has 5 nitrogen and oxygen atoms in total. The molecule has 2 aromatic heterocycles. The average molecular weight is 395 g/mol. The molecule has 0 aliphatic carbocycles. The van der Waals surface area contributed by atoms with E-state index in [0.29, 0.717) is 10.7 Å². The van der Waals surface area contributed by atoms with Crippen LogP contribution in [0.1, 0.15) is 27.2 Å². The Hall–Kier alpha value is -2.64. The third-order valence-corrected chi connectivity index (χ3v) is 6.45. The summed E-state index contributed by atoms with van der Waals surface area (Å²) in [5, 5.41) is 12.7. The number of H-pyrrole nitrogens is 1. The van der Waals surface area contributed by atoms with E-state index in [1.54, 1.807) is 11.8 Å². The number of anilines is 1. The van der Waals surface area contributed by atoms with E-state index in [9.17, 15) is 4.79 Å². The molecule has 0 saturated carbocycles. The molecule has 2 N–H and O–H groups in total. The van der Waals surface area contributed by atoms with Crippen molar-refractivity contribution in [1.82, 2.24) is 15.2 Å². The first-order valence-corrected chi connectivity index (χ1v) is 10.3. The van der Waals surface area contributed by atoms with Gasteiger partial charge in [-0.15, -0.1) is 10.2 Å². The maximum atomic E-state index is 12.6. The molecule has 1 amide bonds. The van der Waals surface area contributed by atoms with Crippen LogP contribution in [0, 0.1) is 13.8 Å². The maximum Gasteiger partial charge on any atom is 0.257 e. The number of hydrogen-bond donors (Lipinski definition) is 2. The summed E-state index contributed by atoms with van der Waals surface area (Å²) in [6.07, 6.45) is 0. The summed E-state index contributed by atoms with van der Waals surface area (Å²) in [6, 6.07) is 15.9. The second kappa shape index (κ2) is 7.54. The van der Waals surface area contributed by atoms with Crippen LogP contribution < -0.4 is 5.32 Å². The lowest BCUT2D eigenvalue weighted by molar-refractivity contribution is 0.102. The SMILES string of the molecule is Cc1[nH]c2ccc(C(=O)Nc3nnc(SCc4ccccc4)s3)cc2c1C. The number of carbonyl (C=O) groups excluding carboxylic acids is 1. The van der Waals surface area contributed by atoms with Crippen molar-refractivity contribution in [3.05, 3.63) is 70.9 Å². The Bertz CT molecular complexity index is 1100. The first-order chi connectivity index (χ1) is 13.1. The lowest BCUT2D eigenvalue weighted by Crippen LogP contribution is -2.11. The Kier molecular flexibility index (Phi) is 4.96. The summed E-state index contributed by atoms with van der Waals surface area (Å²) >= 11 is 3.00. The molecule has 0 spiro atoms. The average Bonchev–Trinajstić information content (AvgIpc) is 3.25. The molecule has 7 heteroatoms. The fraction of sp³-hybridized carbons (Fsp3) is 0.150. The summed E-state index contributed by atoms with van der Waals surface area (Å²) < 4.78 is 0.835. The number of aryl methyl sites for hydroxylation is 2. The first-order valence-electron chi connectivity index (χ1n) is 8.50. The van der Waals surface area contributed by atoms with Crippen LogP contribution in [0.3, 0.4) is 0 Å². The van der Waals surface area contributed by atoms with E-state index >= 15 is 0 Å². The Morgan fingerprint density at radius 3 is 2.78 bits per heavy atom. The van der Waals surface area contributed by atoms with Gasteiger partial charge in [0, 0.05) is 27.9 Å². The number of aromatic nitrogens is 3. The van der Waals surface area contributed by atoms with Gasteiger partial charge in [0.2, 0.25) is 5.13 Å². The van der Waals surface area contributed by atoms with Crippen molar-refractivity contribution < 1.29 is 4.79 Å². The molecule has 27 heavy (non-hydrogen) atoms. The quantitative estimate of drug-likeness (QED) is 0.361. The number of aromatic amines is 1. The molecule has 4 rings (SSSR count). The number of nitrogens with one attached hydrogen (secondary N) is 2. The summed E-state index contributed by atoms with van der Waals surface area (Å²) in [5.41, 5.74) is 5.16. The number of thioether (sulfide) groups is 1. The van der Waals surface area contributed by atoms with E-state index in [0.717, 1.165) is 32.3 Å². The molecule has 0 atom stereocenters. The number of rotatable bonds is 5. The highest BCUT2D eigenvalue weighted by Gasteiger charge is 2.13. The van der Waals surface area contributed by atoms with Crippen molar-refractivity contribution in [3.63, 3.8) is 0 Å². The molecule has 0 radical (unpaired) electrons. The lowest BCUT2D eigenvalue weighted by Gasteiger charge is -2.02. The van der Waals surface area contributed by atoms with Crippen LogP contribution in [-0.4, -0.2) is 21.1 Å². The highest BCUT2D eigenvalue weighted by Crippen LogP contribution is 2.29. The monoisotopic (exact) mass is 394 g/mol. The molecule has 4 aromatic rings. The molecule has 2 aromatic carbocycles. The van der Waals surface area contributed by atoms with Crippen molar-refractivity contribution >= 4 is 45.0 Å². The molecule has 0 aliphatic rings. The van der Waals surface area contributed by atoms with E-state index in [2.05, 4.69) is 39.6 Å². The van der Waals surface area contributed by atoms with Gasteiger partial charge in [-0.25, -0.2) is 0 Å². The largest absolute Gasteiger partial charge is 0.358 e. The van der Waals surface area contributed by atoms with Crippen LogP contribution in [0.4, 0.5) is 5.13 Å². The Balaban J connectivity index is 1.44. The molecule has 0 unspecified atom stereocenters. The second-order valence-electron chi connectivity index (χ2n) is 6.24. The van der Waals surface area contributed by atoms with Crippen LogP contribution in [0.5, 0.6) is 0 Å². The Morgan fingerprint density at radius 1 is 1.15 bits per heavy atom. The van der Waals surface area contributed by atoms with Gasteiger partial charge in [-0.1, -0.05) is 53.4 Å². The van der Waals surface area contributed by atoms with Gasteiger partial charge in [0.15, 0.2) is 4.34 Å². The number of fused-ring (bicyclic) bond motifs is 1. The number of carbonyl (C=O) groups is 1. The molecule has 0 fully saturated rings. The minimum absolute atomic E-state index is 0.175. The van der Waals surface area contributed by atoms with Crippen LogP contribution >= 0.6 is 23.1 Å². The topological polar surface area (TPSA) is 70.7 Å². The van der Waals surface area contributed by atoms with E-state index in [4.69, 9.17) is 0 Å². The minimum Gasteiger partial charge on any atom is -0.358 e. The van der Waals surface area contributed by atoms with E-state index in [1.165, 1.54) is 16.9 Å². The van der Waals surface area contributed by atoms with Crippen LogP contribution in [-0.2, 0) is 5.75 Å². The molecule has 0 saturated heterocycles. The van der Waals surface area contributed by atoms with Gasteiger partial charge in [-0.2, -0.15) is 0 Å². The summed E-state index contributed by atoms with van der Waals surface area (Å²) in [7, 11) is 0. The van der Waals surface area contributed by atoms with Crippen LogP contribution in [0.15, 0.2) is 52.9 Å². The molecular weight excluding hydrogens is 376 g/mol. The highest BCUT2D eigenvalue weighted by atomic mass is 32.2. The molecule has 136 valence electrons. The maximum absolute atomic E-state index is 12.6.